The number of nitriles is 2. The molecule has 2 aromatic carbocycles. The zero-order valence-corrected chi connectivity index (χ0v) is 12.2. The van der Waals surface area contributed by atoms with Crippen molar-refractivity contribution >= 4 is 34.9 Å². The maximum atomic E-state index is 9.04. The lowest BCUT2D eigenvalue weighted by molar-refractivity contribution is 1.06. The highest BCUT2D eigenvalue weighted by atomic mass is 35.5. The average Bonchev–Trinajstić information content (AvgIpc) is 2.82. The van der Waals surface area contributed by atoms with E-state index in [-0.39, 0.29) is 0 Å². The number of fused-ring (bicyclic) bond motifs is 1. The van der Waals surface area contributed by atoms with Crippen LogP contribution in [0.25, 0.3) is 16.7 Å². The summed E-state index contributed by atoms with van der Waals surface area (Å²) in [6.45, 7) is 0. The molecule has 1 N–H and O–H groups in total. The van der Waals surface area contributed by atoms with Gasteiger partial charge in [0.05, 0.1) is 45.0 Å². The monoisotopic (exact) mass is 310 g/mol. The Kier molecular flexibility index (Phi) is 3.23. The molecule has 0 amide bonds. The molecule has 1 aromatic heterocycles. The number of aromatic amines is 1. The van der Waals surface area contributed by atoms with Gasteiger partial charge in [-0.15, -0.1) is 0 Å². The van der Waals surface area contributed by atoms with E-state index in [0.717, 1.165) is 11.0 Å². The van der Waals surface area contributed by atoms with Crippen molar-refractivity contribution in [1.29, 1.82) is 10.5 Å². The highest BCUT2D eigenvalue weighted by Gasteiger charge is 2.11. The number of hydrogen-bond acceptors (Lipinski definition) is 3. The zero-order chi connectivity index (χ0) is 15.0. The standard InChI is InChI=1S/C15H7ClN4S/c16-11-3-1-9(7-17)5-13(11)20-14-6-10(8-18)2-4-12(14)19-15(20)21/h1-6H,(H,19,21). The SMILES string of the molecule is N#Cc1ccc(Cl)c(-n2c(=S)[nH]c3ccc(C#N)cc32)c1. The molecule has 0 aliphatic rings. The molecule has 0 fully saturated rings. The molecule has 0 atom stereocenters. The second-order valence-corrected chi connectivity index (χ2v) is 5.18. The lowest BCUT2D eigenvalue weighted by Crippen LogP contribution is -1.96. The van der Waals surface area contributed by atoms with Gasteiger partial charge in [0.1, 0.15) is 0 Å². The van der Waals surface area contributed by atoms with Crippen LogP contribution >= 0.6 is 23.8 Å². The van der Waals surface area contributed by atoms with Crippen molar-refractivity contribution in [2.24, 2.45) is 0 Å². The fourth-order valence-corrected chi connectivity index (χ4v) is 2.67. The lowest BCUT2D eigenvalue weighted by Gasteiger charge is -2.07. The molecule has 3 aromatic rings. The van der Waals surface area contributed by atoms with Crippen molar-refractivity contribution in [3.63, 3.8) is 0 Å². The molecule has 0 saturated carbocycles. The minimum Gasteiger partial charge on any atom is -0.330 e. The van der Waals surface area contributed by atoms with Crippen molar-refractivity contribution < 1.29 is 0 Å². The summed E-state index contributed by atoms with van der Waals surface area (Å²) in [4.78, 5) is 3.07. The summed E-state index contributed by atoms with van der Waals surface area (Å²) in [5, 5.41) is 18.6. The summed E-state index contributed by atoms with van der Waals surface area (Å²) in [5.41, 5.74) is 3.18. The molecule has 21 heavy (non-hydrogen) atoms. The summed E-state index contributed by atoms with van der Waals surface area (Å²) in [6.07, 6.45) is 0. The molecule has 4 nitrogen and oxygen atoms in total. The summed E-state index contributed by atoms with van der Waals surface area (Å²) >= 11 is 11.6. The quantitative estimate of drug-likeness (QED) is 0.688. The predicted molar refractivity (Wildman–Crippen MR) is 82.9 cm³/mol. The fourth-order valence-electron chi connectivity index (χ4n) is 2.17. The number of rotatable bonds is 1. The van der Waals surface area contributed by atoms with Crippen LogP contribution in [0.3, 0.4) is 0 Å². The van der Waals surface area contributed by atoms with Crippen LogP contribution in [-0.4, -0.2) is 9.55 Å². The normalized spacial score (nSPS) is 10.2. The van der Waals surface area contributed by atoms with Gasteiger partial charge in [0.25, 0.3) is 0 Å². The Morgan fingerprint density at radius 3 is 2.43 bits per heavy atom. The number of benzene rings is 2. The Balaban J connectivity index is 2.40. The molecule has 3 rings (SSSR count). The van der Waals surface area contributed by atoms with Crippen LogP contribution in [0.2, 0.25) is 5.02 Å². The van der Waals surface area contributed by atoms with Gasteiger partial charge in [-0.3, -0.25) is 4.57 Å². The highest BCUT2D eigenvalue weighted by Crippen LogP contribution is 2.27. The van der Waals surface area contributed by atoms with Crippen LogP contribution in [-0.2, 0) is 0 Å². The van der Waals surface area contributed by atoms with E-state index in [1.54, 1.807) is 41.0 Å². The van der Waals surface area contributed by atoms with Gasteiger partial charge in [-0.05, 0) is 48.6 Å². The first-order chi connectivity index (χ1) is 10.1. The molecule has 1 heterocycles. The maximum Gasteiger partial charge on any atom is 0.182 e. The van der Waals surface area contributed by atoms with Gasteiger partial charge < -0.3 is 4.98 Å². The third-order valence-electron chi connectivity index (χ3n) is 3.13. The summed E-state index contributed by atoms with van der Waals surface area (Å²) < 4.78 is 2.19. The van der Waals surface area contributed by atoms with E-state index >= 15 is 0 Å². The number of imidazole rings is 1. The topological polar surface area (TPSA) is 68.3 Å². The van der Waals surface area contributed by atoms with Gasteiger partial charge >= 0.3 is 0 Å². The molecule has 0 bridgehead atoms. The fraction of sp³-hybridized carbons (Fsp3) is 0. The van der Waals surface area contributed by atoms with Gasteiger partial charge in [0.2, 0.25) is 0 Å². The third kappa shape index (κ3) is 2.19. The van der Waals surface area contributed by atoms with Gasteiger partial charge in [0.15, 0.2) is 4.77 Å². The number of hydrogen-bond donors (Lipinski definition) is 1. The van der Waals surface area contributed by atoms with Crippen molar-refractivity contribution in [2.45, 2.75) is 0 Å². The Labute approximate surface area is 130 Å². The second-order valence-electron chi connectivity index (χ2n) is 4.39. The van der Waals surface area contributed by atoms with E-state index in [1.807, 2.05) is 0 Å². The molecular weight excluding hydrogens is 304 g/mol. The molecule has 0 aliphatic carbocycles. The molecule has 6 heteroatoms. The van der Waals surface area contributed by atoms with E-state index in [1.165, 1.54) is 0 Å². The smallest absolute Gasteiger partial charge is 0.182 e. The van der Waals surface area contributed by atoms with Crippen LogP contribution in [0.4, 0.5) is 0 Å². The molecule has 0 aliphatic heterocycles. The van der Waals surface area contributed by atoms with Crippen LogP contribution in [0, 0.1) is 27.4 Å². The van der Waals surface area contributed by atoms with Crippen LogP contribution in [0.15, 0.2) is 36.4 Å². The first kappa shape index (κ1) is 13.4. The van der Waals surface area contributed by atoms with Gasteiger partial charge in [-0.25, -0.2) is 0 Å². The molecule has 100 valence electrons. The average molecular weight is 311 g/mol. The first-order valence-corrected chi connectivity index (χ1v) is 6.77. The predicted octanol–water partition coefficient (Wildman–Crippen LogP) is 4.08. The van der Waals surface area contributed by atoms with Gasteiger partial charge in [-0.1, -0.05) is 11.6 Å². The Hall–Kier alpha value is -2.60. The zero-order valence-electron chi connectivity index (χ0n) is 10.6. The van der Waals surface area contributed by atoms with E-state index in [9.17, 15) is 0 Å². The number of aromatic nitrogens is 2. The number of halogens is 1. The van der Waals surface area contributed by atoms with Crippen LogP contribution < -0.4 is 0 Å². The van der Waals surface area contributed by atoms with E-state index in [0.29, 0.717) is 26.6 Å². The second kappa shape index (κ2) is 5.06. The van der Waals surface area contributed by atoms with Crippen LogP contribution in [0.5, 0.6) is 0 Å². The van der Waals surface area contributed by atoms with E-state index < -0.39 is 0 Å². The Bertz CT molecular complexity index is 1000. The first-order valence-electron chi connectivity index (χ1n) is 5.99. The Morgan fingerprint density at radius 1 is 1.05 bits per heavy atom. The molecule has 0 radical (unpaired) electrons. The summed E-state index contributed by atoms with van der Waals surface area (Å²) in [6, 6.07) is 14.4. The van der Waals surface area contributed by atoms with Crippen molar-refractivity contribution in [2.75, 3.05) is 0 Å². The number of H-pyrrole nitrogens is 1. The summed E-state index contributed by atoms with van der Waals surface area (Å²) in [7, 11) is 0. The van der Waals surface area contributed by atoms with Crippen molar-refractivity contribution in [3.05, 3.63) is 57.3 Å². The van der Waals surface area contributed by atoms with Gasteiger partial charge in [0, 0.05) is 0 Å². The number of nitrogens with one attached hydrogen (secondary N) is 1. The summed E-state index contributed by atoms with van der Waals surface area (Å²) in [5.74, 6) is 0. The third-order valence-corrected chi connectivity index (χ3v) is 3.73. The number of nitrogens with zero attached hydrogens (tertiary/aromatic N) is 3. The van der Waals surface area contributed by atoms with E-state index in [2.05, 4.69) is 17.1 Å². The van der Waals surface area contributed by atoms with Crippen molar-refractivity contribution in [3.8, 4) is 17.8 Å². The van der Waals surface area contributed by atoms with Crippen molar-refractivity contribution in [1.82, 2.24) is 9.55 Å². The van der Waals surface area contributed by atoms with E-state index in [4.69, 9.17) is 34.3 Å². The molecular formula is C15H7ClN4S. The minimum absolute atomic E-state index is 0.456. The Morgan fingerprint density at radius 2 is 1.71 bits per heavy atom. The molecule has 0 spiro atoms. The minimum atomic E-state index is 0.456. The largest absolute Gasteiger partial charge is 0.330 e. The molecule has 0 saturated heterocycles. The molecule has 0 unspecified atom stereocenters. The van der Waals surface area contributed by atoms with Crippen LogP contribution in [0.1, 0.15) is 11.1 Å². The maximum absolute atomic E-state index is 9.04. The van der Waals surface area contributed by atoms with Gasteiger partial charge in [-0.2, -0.15) is 10.5 Å². The highest BCUT2D eigenvalue weighted by molar-refractivity contribution is 7.71. The lowest BCUT2D eigenvalue weighted by atomic mass is 10.2.